The van der Waals surface area contributed by atoms with Crippen molar-refractivity contribution in [3.8, 4) is 6.07 Å². The Labute approximate surface area is 139 Å². The van der Waals surface area contributed by atoms with Gasteiger partial charge in [0.2, 0.25) is 5.95 Å². The first-order chi connectivity index (χ1) is 11.5. The number of nitriles is 1. The third-order valence-electron chi connectivity index (χ3n) is 3.62. The largest absolute Gasteiger partial charge is 0.368 e. The highest BCUT2D eigenvalue weighted by molar-refractivity contribution is 5.90. The summed E-state index contributed by atoms with van der Waals surface area (Å²) in [6.45, 7) is 1.78. The van der Waals surface area contributed by atoms with Crippen molar-refractivity contribution in [3.63, 3.8) is 0 Å². The molecule has 0 bridgehead atoms. The molecule has 1 saturated carbocycles. The Morgan fingerprint density at radius 2 is 2.12 bits per heavy atom. The summed E-state index contributed by atoms with van der Waals surface area (Å²) in [5.41, 5.74) is 13.7. The van der Waals surface area contributed by atoms with Gasteiger partial charge in [0.1, 0.15) is 5.82 Å². The smallest absolute Gasteiger partial charge is 0.337 e. The molecule has 5 N–H and O–H groups in total. The summed E-state index contributed by atoms with van der Waals surface area (Å²) in [6, 6.07) is 8.68. The molecule has 0 saturated heterocycles. The van der Waals surface area contributed by atoms with Crippen LogP contribution in [-0.4, -0.2) is 16.0 Å². The van der Waals surface area contributed by atoms with Crippen LogP contribution in [0.15, 0.2) is 24.3 Å². The van der Waals surface area contributed by atoms with Gasteiger partial charge in [0.15, 0.2) is 0 Å². The second kappa shape index (κ2) is 6.42. The average molecular weight is 323 g/mol. The van der Waals surface area contributed by atoms with E-state index in [2.05, 4.69) is 32.2 Å². The average Bonchev–Trinajstić information content (AvgIpc) is 3.37. The van der Waals surface area contributed by atoms with E-state index in [1.54, 1.807) is 25.1 Å². The van der Waals surface area contributed by atoms with Crippen molar-refractivity contribution in [2.24, 2.45) is 0 Å². The van der Waals surface area contributed by atoms with Crippen molar-refractivity contribution >= 4 is 23.5 Å². The number of rotatable bonds is 4. The second-order valence-electron chi connectivity index (χ2n) is 5.64. The fraction of sp³-hybridized carbons (Fsp3) is 0.250. The fourth-order valence-corrected chi connectivity index (χ4v) is 2.41. The number of benzene rings is 1. The number of aryl methyl sites for hydroxylation is 1. The maximum Gasteiger partial charge on any atom is 0.337 e. The van der Waals surface area contributed by atoms with E-state index in [0.29, 0.717) is 28.7 Å². The Morgan fingerprint density at radius 3 is 2.79 bits per heavy atom. The summed E-state index contributed by atoms with van der Waals surface area (Å²) in [5, 5.41) is 11.9. The van der Waals surface area contributed by atoms with Crippen molar-refractivity contribution in [1.29, 1.82) is 5.26 Å². The van der Waals surface area contributed by atoms with Crippen LogP contribution in [0.5, 0.6) is 0 Å². The Kier molecular flexibility index (Phi) is 4.16. The van der Waals surface area contributed by atoms with Crippen LogP contribution < -0.4 is 21.9 Å². The summed E-state index contributed by atoms with van der Waals surface area (Å²) >= 11 is 0. The molecule has 1 fully saturated rings. The van der Waals surface area contributed by atoms with Crippen LogP contribution in [-0.2, 0) is 0 Å². The normalized spacial score (nSPS) is 13.0. The van der Waals surface area contributed by atoms with Crippen LogP contribution in [0.1, 0.15) is 35.6 Å². The number of nitrogen functional groups attached to an aromatic ring is 1. The van der Waals surface area contributed by atoms with Gasteiger partial charge in [-0.05, 0) is 49.4 Å². The van der Waals surface area contributed by atoms with Crippen molar-refractivity contribution in [2.75, 3.05) is 16.5 Å². The summed E-state index contributed by atoms with van der Waals surface area (Å²) in [7, 11) is 0. The number of amides is 2. The zero-order valence-corrected chi connectivity index (χ0v) is 13.1. The third-order valence-corrected chi connectivity index (χ3v) is 3.62. The predicted octanol–water partition coefficient (Wildman–Crippen LogP) is 2.26. The monoisotopic (exact) mass is 323 g/mol. The molecule has 1 aromatic heterocycles. The molecule has 0 aliphatic heterocycles. The minimum Gasteiger partial charge on any atom is -0.368 e. The SMILES string of the molecule is Cc1cc(NNC(=O)Nc2ccc(C#N)c(C3CC3)c2)nc(N)n1. The number of anilines is 3. The number of carbonyl (C=O) groups excluding carboxylic acids is 1. The molecule has 122 valence electrons. The van der Waals surface area contributed by atoms with Gasteiger partial charge >= 0.3 is 6.03 Å². The molecule has 24 heavy (non-hydrogen) atoms. The molecule has 2 aromatic rings. The first-order valence-corrected chi connectivity index (χ1v) is 7.53. The number of carbonyl (C=O) groups is 1. The number of hydrogen-bond donors (Lipinski definition) is 4. The summed E-state index contributed by atoms with van der Waals surface area (Å²) in [5.74, 6) is 0.948. The molecule has 8 nitrogen and oxygen atoms in total. The maximum atomic E-state index is 12.0. The van der Waals surface area contributed by atoms with Crippen LogP contribution in [0.25, 0.3) is 0 Å². The molecule has 2 amide bonds. The topological polar surface area (TPSA) is 129 Å². The molecule has 0 atom stereocenters. The zero-order valence-electron chi connectivity index (χ0n) is 13.1. The second-order valence-corrected chi connectivity index (χ2v) is 5.64. The summed E-state index contributed by atoms with van der Waals surface area (Å²) in [6.07, 6.45) is 2.17. The highest BCUT2D eigenvalue weighted by atomic mass is 16.2. The van der Waals surface area contributed by atoms with E-state index < -0.39 is 6.03 Å². The van der Waals surface area contributed by atoms with E-state index in [1.165, 1.54) is 0 Å². The first kappa shape index (κ1) is 15.6. The molecule has 3 rings (SSSR count). The molecule has 0 unspecified atom stereocenters. The molecule has 1 aliphatic carbocycles. The highest BCUT2D eigenvalue weighted by Crippen LogP contribution is 2.42. The molecule has 0 spiro atoms. The van der Waals surface area contributed by atoms with Gasteiger partial charge in [0, 0.05) is 17.4 Å². The van der Waals surface area contributed by atoms with Crippen LogP contribution in [0.3, 0.4) is 0 Å². The molecule has 1 aromatic carbocycles. The molecule has 1 heterocycles. The van der Waals surface area contributed by atoms with Gasteiger partial charge in [-0.25, -0.2) is 9.78 Å². The zero-order chi connectivity index (χ0) is 17.1. The van der Waals surface area contributed by atoms with Crippen LogP contribution >= 0.6 is 0 Å². The van der Waals surface area contributed by atoms with Gasteiger partial charge in [0.25, 0.3) is 0 Å². The van der Waals surface area contributed by atoms with Gasteiger partial charge in [-0.1, -0.05) is 0 Å². The Morgan fingerprint density at radius 1 is 1.33 bits per heavy atom. The fourth-order valence-electron chi connectivity index (χ4n) is 2.41. The number of aromatic nitrogens is 2. The molecular weight excluding hydrogens is 306 g/mol. The van der Waals surface area contributed by atoms with Gasteiger partial charge in [0.05, 0.1) is 11.6 Å². The van der Waals surface area contributed by atoms with Gasteiger partial charge < -0.3 is 11.1 Å². The van der Waals surface area contributed by atoms with Crippen LogP contribution in [0, 0.1) is 18.3 Å². The minimum atomic E-state index is -0.448. The van der Waals surface area contributed by atoms with Gasteiger partial charge in [-0.2, -0.15) is 10.2 Å². The predicted molar refractivity (Wildman–Crippen MR) is 90.1 cm³/mol. The van der Waals surface area contributed by atoms with Crippen molar-refractivity contribution < 1.29 is 4.79 Å². The third kappa shape index (κ3) is 3.70. The number of nitrogens with two attached hydrogens (primary N) is 1. The molecule has 8 heteroatoms. The van der Waals surface area contributed by atoms with E-state index in [-0.39, 0.29) is 5.95 Å². The van der Waals surface area contributed by atoms with E-state index in [1.807, 2.05) is 6.07 Å². The Bertz CT molecular complexity index is 803. The van der Waals surface area contributed by atoms with E-state index >= 15 is 0 Å². The van der Waals surface area contributed by atoms with Crippen molar-refractivity contribution in [2.45, 2.75) is 25.7 Å². The van der Waals surface area contributed by atoms with Crippen LogP contribution in [0.4, 0.5) is 22.2 Å². The summed E-state index contributed by atoms with van der Waals surface area (Å²) < 4.78 is 0. The lowest BCUT2D eigenvalue weighted by atomic mass is 10.0. The number of nitrogens with zero attached hydrogens (tertiary/aromatic N) is 3. The number of hydrogen-bond acceptors (Lipinski definition) is 6. The van der Waals surface area contributed by atoms with Gasteiger partial charge in [-0.3, -0.25) is 10.9 Å². The first-order valence-electron chi connectivity index (χ1n) is 7.53. The summed E-state index contributed by atoms with van der Waals surface area (Å²) in [4.78, 5) is 19.9. The Hall–Kier alpha value is -3.34. The highest BCUT2D eigenvalue weighted by Gasteiger charge is 2.26. The van der Waals surface area contributed by atoms with Crippen molar-refractivity contribution in [3.05, 3.63) is 41.1 Å². The Balaban J connectivity index is 1.62. The van der Waals surface area contributed by atoms with Gasteiger partial charge in [-0.15, -0.1) is 0 Å². The standard InChI is InChI=1S/C16H17N7O/c1-9-6-14(21-15(18)19-9)22-23-16(24)20-12-5-4-11(8-17)13(7-12)10-2-3-10/h4-7,10H,2-3H2,1H3,(H2,20,23,24)(H3,18,19,21,22). The number of urea groups is 1. The molecule has 0 radical (unpaired) electrons. The minimum absolute atomic E-state index is 0.126. The van der Waals surface area contributed by atoms with Crippen molar-refractivity contribution in [1.82, 2.24) is 15.4 Å². The maximum absolute atomic E-state index is 12.0. The lowest BCUT2D eigenvalue weighted by Gasteiger charge is -2.11. The number of nitrogens with one attached hydrogen (secondary N) is 3. The lowest BCUT2D eigenvalue weighted by molar-refractivity contribution is 0.254. The van der Waals surface area contributed by atoms with E-state index in [0.717, 1.165) is 18.4 Å². The van der Waals surface area contributed by atoms with Crippen LogP contribution in [0.2, 0.25) is 0 Å². The molecular formula is C16H17N7O. The van der Waals surface area contributed by atoms with E-state index in [4.69, 9.17) is 11.0 Å². The molecule has 1 aliphatic rings. The lowest BCUT2D eigenvalue weighted by Crippen LogP contribution is -2.34. The van der Waals surface area contributed by atoms with E-state index in [9.17, 15) is 4.79 Å². The quantitative estimate of drug-likeness (QED) is 0.639. The number of hydrazine groups is 1.